The zero-order valence-electron chi connectivity index (χ0n) is 13.1. The number of ether oxygens (including phenoxy) is 1. The molecule has 21 heavy (non-hydrogen) atoms. The van der Waals surface area contributed by atoms with E-state index >= 15 is 0 Å². The monoisotopic (exact) mass is 289 g/mol. The molecule has 1 aromatic heterocycles. The maximum absolute atomic E-state index is 6.03. The fraction of sp³-hybridized carbons (Fsp3) is 0.500. The van der Waals surface area contributed by atoms with Gasteiger partial charge in [-0.3, -0.25) is 0 Å². The lowest BCUT2D eigenvalue weighted by Gasteiger charge is -2.15. The van der Waals surface area contributed by atoms with E-state index in [1.54, 1.807) is 0 Å². The lowest BCUT2D eigenvalue weighted by molar-refractivity contribution is 0.268. The summed E-state index contributed by atoms with van der Waals surface area (Å²) in [7, 11) is 0. The van der Waals surface area contributed by atoms with Crippen molar-refractivity contribution in [3.63, 3.8) is 0 Å². The Morgan fingerprint density at radius 2 is 1.86 bits per heavy atom. The zero-order valence-corrected chi connectivity index (χ0v) is 13.1. The van der Waals surface area contributed by atoms with Crippen molar-refractivity contribution in [1.82, 2.24) is 10.3 Å². The Hall–Kier alpha value is -1.88. The van der Waals surface area contributed by atoms with Crippen molar-refractivity contribution in [2.45, 2.75) is 53.2 Å². The van der Waals surface area contributed by atoms with Crippen molar-refractivity contribution in [1.29, 1.82) is 0 Å². The van der Waals surface area contributed by atoms with Crippen LogP contribution in [0.3, 0.4) is 0 Å². The van der Waals surface area contributed by atoms with Crippen molar-refractivity contribution in [3.05, 3.63) is 40.2 Å². The second-order valence-electron chi connectivity index (χ2n) is 5.52. The summed E-state index contributed by atoms with van der Waals surface area (Å²) in [5, 5.41) is 7.58. The van der Waals surface area contributed by atoms with Gasteiger partial charge >= 0.3 is 0 Å². The largest absolute Gasteiger partial charge is 0.487 e. The third kappa shape index (κ3) is 3.82. The summed E-state index contributed by atoms with van der Waals surface area (Å²) in [5.41, 5.74) is 11.0. The maximum atomic E-state index is 6.03. The molecule has 1 unspecified atom stereocenters. The highest BCUT2D eigenvalue weighted by Gasteiger charge is 2.11. The summed E-state index contributed by atoms with van der Waals surface area (Å²) in [6.45, 7) is 8.43. The first-order valence-corrected chi connectivity index (χ1v) is 7.27. The smallest absolute Gasteiger partial charge is 0.145 e. The second kappa shape index (κ2) is 6.72. The van der Waals surface area contributed by atoms with Crippen molar-refractivity contribution >= 4 is 0 Å². The Labute approximate surface area is 125 Å². The van der Waals surface area contributed by atoms with E-state index < -0.39 is 0 Å². The fourth-order valence-electron chi connectivity index (χ4n) is 2.35. The van der Waals surface area contributed by atoms with E-state index in [9.17, 15) is 0 Å². The third-order valence-corrected chi connectivity index (χ3v) is 3.64. The molecule has 5 heteroatoms. The molecule has 2 aromatic rings. The number of rotatable bonds is 6. The molecular formula is C16H23N3O2. The van der Waals surface area contributed by atoms with Crippen LogP contribution in [-0.4, -0.2) is 16.4 Å². The highest BCUT2D eigenvalue weighted by molar-refractivity contribution is 5.43. The minimum Gasteiger partial charge on any atom is -0.487 e. The van der Waals surface area contributed by atoms with Gasteiger partial charge in [0.25, 0.3) is 0 Å². The van der Waals surface area contributed by atoms with Gasteiger partial charge in [0, 0.05) is 6.04 Å². The fourth-order valence-corrected chi connectivity index (χ4v) is 2.35. The van der Waals surface area contributed by atoms with Crippen LogP contribution in [0.5, 0.6) is 5.75 Å². The van der Waals surface area contributed by atoms with Gasteiger partial charge in [0.15, 0.2) is 0 Å². The minimum atomic E-state index is 0.208. The third-order valence-electron chi connectivity index (χ3n) is 3.64. The van der Waals surface area contributed by atoms with Crippen LogP contribution in [0.25, 0.3) is 0 Å². The molecule has 5 nitrogen and oxygen atoms in total. The van der Waals surface area contributed by atoms with Crippen molar-refractivity contribution in [2.24, 2.45) is 5.73 Å². The molecule has 0 aliphatic rings. The van der Waals surface area contributed by atoms with Gasteiger partial charge in [-0.1, -0.05) is 29.4 Å². The van der Waals surface area contributed by atoms with Crippen LogP contribution in [0.4, 0.5) is 0 Å². The maximum Gasteiger partial charge on any atom is 0.145 e. The Kier molecular flexibility index (Phi) is 4.96. The van der Waals surface area contributed by atoms with Gasteiger partial charge in [-0.15, -0.1) is 0 Å². The van der Waals surface area contributed by atoms with E-state index in [1.165, 1.54) is 5.56 Å². The molecule has 0 saturated carbocycles. The summed E-state index contributed by atoms with van der Waals surface area (Å²) >= 11 is 0. The Balaban J connectivity index is 2.11. The quantitative estimate of drug-likeness (QED) is 0.885. The Morgan fingerprint density at radius 1 is 1.19 bits per heavy atom. The van der Waals surface area contributed by atoms with Crippen LogP contribution >= 0.6 is 0 Å². The van der Waals surface area contributed by atoms with Gasteiger partial charge in [-0.25, -0.2) is 4.63 Å². The summed E-state index contributed by atoms with van der Waals surface area (Å²) in [6.07, 6.45) is 1.87. The second-order valence-corrected chi connectivity index (χ2v) is 5.52. The lowest BCUT2D eigenvalue weighted by Crippen LogP contribution is -2.21. The highest BCUT2D eigenvalue weighted by Crippen LogP contribution is 2.26. The van der Waals surface area contributed by atoms with E-state index in [1.807, 2.05) is 6.92 Å². The molecule has 0 saturated heterocycles. The van der Waals surface area contributed by atoms with Crippen LogP contribution in [-0.2, 0) is 13.0 Å². The van der Waals surface area contributed by atoms with E-state index in [0.29, 0.717) is 6.61 Å². The molecule has 0 radical (unpaired) electrons. The Morgan fingerprint density at radius 3 is 2.38 bits per heavy atom. The lowest BCUT2D eigenvalue weighted by atomic mass is 9.99. The molecule has 2 N–H and O–H groups in total. The summed E-state index contributed by atoms with van der Waals surface area (Å²) < 4.78 is 10.6. The van der Waals surface area contributed by atoms with E-state index in [0.717, 1.165) is 41.1 Å². The van der Waals surface area contributed by atoms with Gasteiger partial charge in [0.1, 0.15) is 23.7 Å². The molecule has 114 valence electrons. The number of nitrogens with two attached hydrogens (primary N) is 1. The topological polar surface area (TPSA) is 74.2 Å². The number of hydrogen-bond donors (Lipinski definition) is 1. The van der Waals surface area contributed by atoms with Crippen LogP contribution in [0.2, 0.25) is 0 Å². The first-order valence-electron chi connectivity index (χ1n) is 7.27. The SMILES string of the molecule is CCC(N)Cc1cc(C)c(OCc2nonc2C)c(C)c1. The zero-order chi connectivity index (χ0) is 15.4. The average molecular weight is 289 g/mol. The van der Waals surface area contributed by atoms with Crippen molar-refractivity contribution in [2.75, 3.05) is 0 Å². The van der Waals surface area contributed by atoms with Gasteiger partial charge < -0.3 is 10.5 Å². The van der Waals surface area contributed by atoms with Crippen molar-refractivity contribution < 1.29 is 9.37 Å². The van der Waals surface area contributed by atoms with Crippen LogP contribution in [0.15, 0.2) is 16.8 Å². The standard InChI is InChI=1S/C16H23N3O2/c1-5-14(17)8-13-6-10(2)16(11(3)7-13)20-9-15-12(4)18-21-19-15/h6-7,14H,5,8-9,17H2,1-4H3. The highest BCUT2D eigenvalue weighted by atomic mass is 16.6. The normalized spacial score (nSPS) is 12.4. The first-order chi connectivity index (χ1) is 10.0. The van der Waals surface area contributed by atoms with Gasteiger partial charge in [0.05, 0.1) is 0 Å². The molecule has 1 heterocycles. The van der Waals surface area contributed by atoms with Crippen molar-refractivity contribution in [3.8, 4) is 5.75 Å². The van der Waals surface area contributed by atoms with Crippen LogP contribution < -0.4 is 10.5 Å². The molecule has 0 spiro atoms. The average Bonchev–Trinajstić information content (AvgIpc) is 2.83. The molecular weight excluding hydrogens is 266 g/mol. The molecule has 0 amide bonds. The number of hydrogen-bond acceptors (Lipinski definition) is 5. The molecule has 0 bridgehead atoms. The van der Waals surface area contributed by atoms with E-state index in [4.69, 9.17) is 10.5 Å². The van der Waals surface area contributed by atoms with Gasteiger partial charge in [-0.05, 0) is 50.3 Å². The van der Waals surface area contributed by atoms with E-state index in [-0.39, 0.29) is 6.04 Å². The van der Waals surface area contributed by atoms with Crippen LogP contribution in [0, 0.1) is 20.8 Å². The number of nitrogens with zero attached hydrogens (tertiary/aromatic N) is 2. The Bertz CT molecular complexity index is 584. The van der Waals surface area contributed by atoms with Crippen LogP contribution in [0.1, 0.15) is 41.4 Å². The number of aromatic nitrogens is 2. The molecule has 0 fully saturated rings. The van der Waals surface area contributed by atoms with Gasteiger partial charge in [0.2, 0.25) is 0 Å². The molecule has 2 rings (SSSR count). The molecule has 0 aliphatic heterocycles. The summed E-state index contributed by atoms with van der Waals surface area (Å²) in [6, 6.07) is 4.50. The first kappa shape index (κ1) is 15.5. The van der Waals surface area contributed by atoms with Gasteiger partial charge in [-0.2, -0.15) is 0 Å². The predicted molar refractivity (Wildman–Crippen MR) is 81.3 cm³/mol. The summed E-state index contributed by atoms with van der Waals surface area (Å²) in [5.74, 6) is 0.895. The summed E-state index contributed by atoms with van der Waals surface area (Å²) in [4.78, 5) is 0. The molecule has 1 aromatic carbocycles. The predicted octanol–water partition coefficient (Wildman–Crippen LogP) is 2.85. The molecule has 0 aliphatic carbocycles. The molecule has 1 atom stereocenters. The number of benzene rings is 1. The number of aryl methyl sites for hydroxylation is 3. The van der Waals surface area contributed by atoms with E-state index in [2.05, 4.69) is 47.8 Å². The minimum absolute atomic E-state index is 0.208.